The Kier molecular flexibility index (Phi) is 5.63. The summed E-state index contributed by atoms with van der Waals surface area (Å²) < 4.78 is 11.6. The van der Waals surface area contributed by atoms with Crippen molar-refractivity contribution in [1.29, 1.82) is 0 Å². The third kappa shape index (κ3) is 4.21. The first kappa shape index (κ1) is 15.8. The predicted molar refractivity (Wildman–Crippen MR) is 87.5 cm³/mol. The summed E-state index contributed by atoms with van der Waals surface area (Å²) in [6.07, 6.45) is 1.59. The Morgan fingerprint density at radius 2 is 2.33 bits per heavy atom. The van der Waals surface area contributed by atoms with Gasteiger partial charge >= 0.3 is 0 Å². The van der Waals surface area contributed by atoms with Crippen molar-refractivity contribution >= 4 is 45.0 Å². The molecule has 1 heterocycles. The van der Waals surface area contributed by atoms with Gasteiger partial charge in [0, 0.05) is 0 Å². The summed E-state index contributed by atoms with van der Waals surface area (Å²) in [7, 11) is 1.59. The molecule has 1 aliphatic rings. The number of nitrogens with zero attached hydrogens (tertiary/aromatic N) is 2. The van der Waals surface area contributed by atoms with Crippen molar-refractivity contribution in [1.82, 2.24) is 5.32 Å². The molecule has 1 fully saturated rings. The lowest BCUT2D eigenvalue weighted by atomic mass is 10.2. The largest absolute Gasteiger partial charge is 0.492 e. The molecule has 112 valence electrons. The van der Waals surface area contributed by atoms with Crippen LogP contribution in [0.4, 0.5) is 0 Å². The second-order valence-corrected chi connectivity index (χ2v) is 5.77. The molecule has 0 bridgehead atoms. The molecule has 6 nitrogen and oxygen atoms in total. The topological polar surface area (TPSA) is 72.3 Å². The van der Waals surface area contributed by atoms with E-state index in [0.717, 1.165) is 10.0 Å². The average molecular weight is 372 g/mol. The van der Waals surface area contributed by atoms with Gasteiger partial charge in [0.1, 0.15) is 0 Å². The van der Waals surface area contributed by atoms with Crippen molar-refractivity contribution < 1.29 is 14.3 Å². The van der Waals surface area contributed by atoms with Gasteiger partial charge in [0.25, 0.3) is 0 Å². The van der Waals surface area contributed by atoms with E-state index >= 15 is 0 Å². The molecule has 1 aliphatic heterocycles. The van der Waals surface area contributed by atoms with Crippen molar-refractivity contribution in [3.63, 3.8) is 0 Å². The van der Waals surface area contributed by atoms with E-state index in [2.05, 4.69) is 31.4 Å². The lowest BCUT2D eigenvalue weighted by Crippen LogP contribution is -2.19. The van der Waals surface area contributed by atoms with E-state index in [-0.39, 0.29) is 5.91 Å². The maximum Gasteiger partial charge on any atom is 0.236 e. The lowest BCUT2D eigenvalue weighted by Gasteiger charge is -2.11. The maximum absolute atomic E-state index is 11.0. The van der Waals surface area contributed by atoms with Crippen LogP contribution in [0.1, 0.15) is 12.5 Å². The normalized spacial score (nSPS) is 16.5. The molecule has 1 saturated heterocycles. The van der Waals surface area contributed by atoms with Crippen LogP contribution in [0.5, 0.6) is 11.5 Å². The van der Waals surface area contributed by atoms with E-state index in [1.807, 2.05) is 19.1 Å². The van der Waals surface area contributed by atoms with Gasteiger partial charge in [-0.25, -0.2) is 0 Å². The highest BCUT2D eigenvalue weighted by Crippen LogP contribution is 2.36. The number of rotatable bonds is 5. The molecule has 1 aromatic rings. The van der Waals surface area contributed by atoms with E-state index in [0.29, 0.717) is 29.0 Å². The van der Waals surface area contributed by atoms with Gasteiger partial charge in [-0.2, -0.15) is 5.10 Å². The maximum atomic E-state index is 11.0. The number of nitrogens with one attached hydrogen (secondary N) is 1. The van der Waals surface area contributed by atoms with Gasteiger partial charge < -0.3 is 14.8 Å². The molecule has 0 atom stereocenters. The molecule has 0 saturated carbocycles. The fourth-order valence-corrected chi connectivity index (χ4v) is 2.90. The van der Waals surface area contributed by atoms with Gasteiger partial charge in [0.05, 0.1) is 30.2 Å². The van der Waals surface area contributed by atoms with E-state index in [1.54, 1.807) is 13.3 Å². The molecule has 1 aromatic carbocycles. The number of carbonyl (C=O) groups excluding carboxylic acids is 1. The zero-order chi connectivity index (χ0) is 15.2. The van der Waals surface area contributed by atoms with E-state index in [9.17, 15) is 4.79 Å². The Morgan fingerprint density at radius 1 is 1.52 bits per heavy atom. The highest BCUT2D eigenvalue weighted by Gasteiger charge is 2.16. The minimum absolute atomic E-state index is 0.0558. The van der Waals surface area contributed by atoms with Crippen LogP contribution in [0.2, 0.25) is 0 Å². The molecule has 1 N–H and O–H groups in total. The average Bonchev–Trinajstić information content (AvgIpc) is 2.85. The molecule has 8 heteroatoms. The number of amides is 1. The molecule has 0 spiro atoms. The Bertz CT molecular complexity index is 605. The summed E-state index contributed by atoms with van der Waals surface area (Å²) in [6.45, 7) is 2.44. The SMILES string of the molecule is CCOc1cc(C=NN=C2NC(=O)CS2)cc(Br)c1OC. The van der Waals surface area contributed by atoms with Crippen molar-refractivity contribution in [2.45, 2.75) is 6.92 Å². The van der Waals surface area contributed by atoms with Crippen LogP contribution in [-0.4, -0.2) is 36.8 Å². The number of hydrogen-bond acceptors (Lipinski definition) is 6. The molecule has 0 radical (unpaired) electrons. The highest BCUT2D eigenvalue weighted by atomic mass is 79.9. The minimum Gasteiger partial charge on any atom is -0.492 e. The van der Waals surface area contributed by atoms with Crippen LogP contribution >= 0.6 is 27.7 Å². The van der Waals surface area contributed by atoms with Crippen molar-refractivity contribution in [2.75, 3.05) is 19.5 Å². The summed E-state index contributed by atoms with van der Waals surface area (Å²) in [5.74, 6) is 1.60. The fourth-order valence-electron chi connectivity index (χ4n) is 1.65. The standard InChI is InChI=1S/C13H14BrN3O3S/c1-3-20-10-5-8(4-9(14)12(10)19-2)6-15-17-13-16-11(18)7-21-13/h4-6H,3,7H2,1-2H3,(H,16,17,18). The van der Waals surface area contributed by atoms with E-state index < -0.39 is 0 Å². The number of ether oxygens (including phenoxy) is 2. The molecule has 0 aromatic heterocycles. The molecule has 2 rings (SSSR count). The molecular formula is C13H14BrN3O3S. The third-order valence-electron chi connectivity index (χ3n) is 2.48. The van der Waals surface area contributed by atoms with Gasteiger partial charge in [-0.3, -0.25) is 4.79 Å². The summed E-state index contributed by atoms with van der Waals surface area (Å²) in [5, 5.41) is 11.0. The van der Waals surface area contributed by atoms with Crippen LogP contribution in [0.3, 0.4) is 0 Å². The number of benzene rings is 1. The van der Waals surface area contributed by atoms with Crippen molar-refractivity contribution in [3.05, 3.63) is 22.2 Å². The van der Waals surface area contributed by atoms with E-state index in [1.165, 1.54) is 11.8 Å². The second-order valence-electron chi connectivity index (χ2n) is 3.95. The Balaban J connectivity index is 2.18. The third-order valence-corrected chi connectivity index (χ3v) is 3.93. The first-order valence-electron chi connectivity index (χ1n) is 6.18. The van der Waals surface area contributed by atoms with Crippen LogP contribution in [0.25, 0.3) is 0 Å². The fraction of sp³-hybridized carbons (Fsp3) is 0.308. The van der Waals surface area contributed by atoms with Gasteiger partial charge in [-0.05, 0) is 40.5 Å². The predicted octanol–water partition coefficient (Wildman–Crippen LogP) is 2.41. The van der Waals surface area contributed by atoms with Gasteiger partial charge in [0.2, 0.25) is 5.91 Å². The smallest absolute Gasteiger partial charge is 0.236 e. The summed E-state index contributed by atoms with van der Waals surface area (Å²) >= 11 is 4.76. The number of carbonyl (C=O) groups is 1. The van der Waals surface area contributed by atoms with E-state index in [4.69, 9.17) is 9.47 Å². The monoisotopic (exact) mass is 371 g/mol. The lowest BCUT2D eigenvalue weighted by molar-refractivity contribution is -0.116. The quantitative estimate of drug-likeness (QED) is 0.637. The summed E-state index contributed by atoms with van der Waals surface area (Å²) in [4.78, 5) is 11.0. The van der Waals surface area contributed by atoms with Gasteiger partial charge in [-0.15, -0.1) is 5.10 Å². The zero-order valence-corrected chi connectivity index (χ0v) is 14.0. The number of amidine groups is 1. The highest BCUT2D eigenvalue weighted by molar-refractivity contribution is 9.10. The number of halogens is 1. The minimum atomic E-state index is -0.0558. The Hall–Kier alpha value is -1.54. The van der Waals surface area contributed by atoms with Gasteiger partial charge in [-0.1, -0.05) is 11.8 Å². The molecule has 0 aliphatic carbocycles. The van der Waals surface area contributed by atoms with Crippen molar-refractivity contribution in [2.24, 2.45) is 10.2 Å². The van der Waals surface area contributed by atoms with Crippen LogP contribution in [0.15, 0.2) is 26.8 Å². The number of methoxy groups -OCH3 is 1. The Labute approximate surface area is 135 Å². The molecule has 21 heavy (non-hydrogen) atoms. The van der Waals surface area contributed by atoms with Gasteiger partial charge in [0.15, 0.2) is 16.7 Å². The van der Waals surface area contributed by atoms with Crippen molar-refractivity contribution in [3.8, 4) is 11.5 Å². The van der Waals surface area contributed by atoms with Crippen LogP contribution < -0.4 is 14.8 Å². The molecule has 1 amide bonds. The molecular weight excluding hydrogens is 358 g/mol. The Morgan fingerprint density at radius 3 is 2.95 bits per heavy atom. The first-order chi connectivity index (χ1) is 10.1. The summed E-state index contributed by atoms with van der Waals surface area (Å²) in [6, 6.07) is 3.67. The van der Waals surface area contributed by atoms with Crippen LogP contribution in [-0.2, 0) is 4.79 Å². The zero-order valence-electron chi connectivity index (χ0n) is 11.6. The first-order valence-corrected chi connectivity index (χ1v) is 7.96. The molecule has 0 unspecified atom stereocenters. The number of thioether (sulfide) groups is 1. The number of hydrogen-bond donors (Lipinski definition) is 1. The second kappa shape index (κ2) is 7.46. The van der Waals surface area contributed by atoms with Crippen LogP contribution in [0, 0.1) is 0 Å². The summed E-state index contributed by atoms with van der Waals surface area (Å²) in [5.41, 5.74) is 0.810.